The smallest absolute Gasteiger partial charge is 0.174 e. The molecule has 2 rings (SSSR count). The summed E-state index contributed by atoms with van der Waals surface area (Å²) in [5.74, 6) is 0.335. The monoisotopic (exact) mass is 214 g/mol. The van der Waals surface area contributed by atoms with Crippen molar-refractivity contribution in [3.63, 3.8) is 0 Å². The highest BCUT2D eigenvalue weighted by molar-refractivity contribution is 5.88. The quantitative estimate of drug-likeness (QED) is 0.669. The Morgan fingerprint density at radius 3 is 2.81 bits per heavy atom. The highest BCUT2D eigenvalue weighted by Crippen LogP contribution is 2.39. The van der Waals surface area contributed by atoms with Crippen molar-refractivity contribution in [3.05, 3.63) is 11.4 Å². The minimum atomic E-state index is -0.114. The number of aliphatic imine (C=N–C) groups is 1. The van der Waals surface area contributed by atoms with Gasteiger partial charge in [0.05, 0.1) is 0 Å². The number of hydrogen-bond acceptors (Lipinski definition) is 4. The lowest BCUT2D eigenvalue weighted by atomic mass is 9.86. The summed E-state index contributed by atoms with van der Waals surface area (Å²) in [5.41, 5.74) is 1.38. The average molecular weight is 214 g/mol. The maximum Gasteiger partial charge on any atom is 0.174 e. The molecule has 82 valence electrons. The second kappa shape index (κ2) is 3.64. The summed E-state index contributed by atoms with van der Waals surface area (Å²) in [6.07, 6.45) is 3.24. The summed E-state index contributed by atoms with van der Waals surface area (Å²) < 4.78 is 0. The first kappa shape index (κ1) is 10.7. The van der Waals surface area contributed by atoms with Gasteiger partial charge < -0.3 is 5.32 Å². The van der Waals surface area contributed by atoms with Crippen LogP contribution in [0.1, 0.15) is 33.1 Å². The van der Waals surface area contributed by atoms with Crippen LogP contribution in [-0.4, -0.2) is 11.3 Å². The number of nitrogens with zero attached hydrogens (tertiary/aromatic N) is 3. The first-order chi connectivity index (χ1) is 7.60. The van der Waals surface area contributed by atoms with E-state index < -0.39 is 0 Å². The van der Waals surface area contributed by atoms with Gasteiger partial charge in [0.15, 0.2) is 11.4 Å². The number of allylic oxidation sites excluding steroid dienone is 2. The van der Waals surface area contributed by atoms with Gasteiger partial charge in [0.2, 0.25) is 0 Å². The molecule has 2 aliphatic rings. The van der Waals surface area contributed by atoms with E-state index in [4.69, 9.17) is 10.5 Å². The zero-order valence-electron chi connectivity index (χ0n) is 9.54. The molecule has 0 aromatic rings. The molecule has 1 aliphatic carbocycles. The molecule has 4 heteroatoms. The SMILES string of the molecule is CC1=NC(C#N)=C(C#N)N[C@@]2(C)CCC[C@H]12. The summed E-state index contributed by atoms with van der Waals surface area (Å²) in [5, 5.41) is 21.2. The summed E-state index contributed by atoms with van der Waals surface area (Å²) in [4.78, 5) is 4.28. The Labute approximate surface area is 95.3 Å². The van der Waals surface area contributed by atoms with Crippen molar-refractivity contribution in [2.45, 2.75) is 38.6 Å². The van der Waals surface area contributed by atoms with E-state index in [0.29, 0.717) is 11.6 Å². The van der Waals surface area contributed by atoms with E-state index in [1.807, 2.05) is 19.1 Å². The molecule has 1 saturated carbocycles. The molecule has 4 nitrogen and oxygen atoms in total. The van der Waals surface area contributed by atoms with Crippen LogP contribution >= 0.6 is 0 Å². The van der Waals surface area contributed by atoms with Crippen LogP contribution in [0, 0.1) is 28.6 Å². The van der Waals surface area contributed by atoms with Crippen LogP contribution in [0.25, 0.3) is 0 Å². The highest BCUT2D eigenvalue weighted by Gasteiger charge is 2.42. The van der Waals surface area contributed by atoms with Crippen molar-refractivity contribution >= 4 is 5.71 Å². The summed E-state index contributed by atoms with van der Waals surface area (Å²) >= 11 is 0. The van der Waals surface area contributed by atoms with Gasteiger partial charge in [-0.2, -0.15) is 10.5 Å². The fourth-order valence-corrected chi connectivity index (χ4v) is 2.80. The molecule has 16 heavy (non-hydrogen) atoms. The van der Waals surface area contributed by atoms with E-state index >= 15 is 0 Å². The number of hydrogen-bond donors (Lipinski definition) is 1. The predicted octanol–water partition coefficient (Wildman–Crippen LogP) is 1.87. The summed E-state index contributed by atoms with van der Waals surface area (Å²) in [6, 6.07) is 4.03. The molecule has 0 bridgehead atoms. The van der Waals surface area contributed by atoms with Gasteiger partial charge in [0, 0.05) is 17.2 Å². The predicted molar refractivity (Wildman–Crippen MR) is 60.2 cm³/mol. The molecule has 1 N–H and O–H groups in total. The van der Waals surface area contributed by atoms with Gasteiger partial charge in [-0.3, -0.25) is 0 Å². The Kier molecular flexibility index (Phi) is 2.44. The molecule has 0 aromatic heterocycles. The van der Waals surface area contributed by atoms with Crippen molar-refractivity contribution < 1.29 is 0 Å². The molecule has 1 aliphatic heterocycles. The van der Waals surface area contributed by atoms with E-state index in [1.54, 1.807) is 0 Å². The van der Waals surface area contributed by atoms with Crippen LogP contribution in [0.5, 0.6) is 0 Å². The number of nitriles is 2. The van der Waals surface area contributed by atoms with Gasteiger partial charge in [0.1, 0.15) is 12.1 Å². The molecule has 1 fully saturated rings. The lowest BCUT2D eigenvalue weighted by molar-refractivity contribution is 0.359. The number of nitrogens with one attached hydrogen (secondary N) is 1. The topological polar surface area (TPSA) is 72.0 Å². The molecule has 0 radical (unpaired) electrons. The van der Waals surface area contributed by atoms with E-state index in [9.17, 15) is 0 Å². The highest BCUT2D eigenvalue weighted by atomic mass is 15.0. The lowest BCUT2D eigenvalue weighted by Gasteiger charge is -2.31. The number of rotatable bonds is 0. The van der Waals surface area contributed by atoms with Crippen LogP contribution in [0.2, 0.25) is 0 Å². The molecule has 0 unspecified atom stereocenters. The van der Waals surface area contributed by atoms with Crippen molar-refractivity contribution in [1.29, 1.82) is 10.5 Å². The Morgan fingerprint density at radius 2 is 2.19 bits per heavy atom. The maximum atomic E-state index is 9.05. The fraction of sp³-hybridized carbons (Fsp3) is 0.583. The van der Waals surface area contributed by atoms with Crippen LogP contribution in [0.4, 0.5) is 0 Å². The Morgan fingerprint density at radius 1 is 1.44 bits per heavy atom. The van der Waals surface area contributed by atoms with Gasteiger partial charge in [-0.25, -0.2) is 4.99 Å². The van der Waals surface area contributed by atoms with Gasteiger partial charge in [-0.15, -0.1) is 0 Å². The third-order valence-electron chi connectivity index (χ3n) is 3.62. The summed E-state index contributed by atoms with van der Waals surface area (Å²) in [6.45, 7) is 4.06. The Balaban J connectivity index is 2.51. The van der Waals surface area contributed by atoms with Crippen LogP contribution in [0.15, 0.2) is 16.4 Å². The first-order valence-electron chi connectivity index (χ1n) is 5.48. The minimum Gasteiger partial charge on any atom is -0.368 e. The van der Waals surface area contributed by atoms with Gasteiger partial charge in [0.25, 0.3) is 0 Å². The molecule has 0 spiro atoms. The van der Waals surface area contributed by atoms with Gasteiger partial charge >= 0.3 is 0 Å². The first-order valence-corrected chi connectivity index (χ1v) is 5.48. The van der Waals surface area contributed by atoms with Crippen LogP contribution < -0.4 is 5.32 Å². The largest absolute Gasteiger partial charge is 0.368 e. The van der Waals surface area contributed by atoms with Gasteiger partial charge in [-0.1, -0.05) is 6.42 Å². The Hall–Kier alpha value is -1.81. The lowest BCUT2D eigenvalue weighted by Crippen LogP contribution is -2.46. The second-order valence-corrected chi connectivity index (χ2v) is 4.69. The molecule has 0 amide bonds. The van der Waals surface area contributed by atoms with Crippen molar-refractivity contribution in [1.82, 2.24) is 5.32 Å². The van der Waals surface area contributed by atoms with E-state index in [2.05, 4.69) is 17.2 Å². The zero-order valence-corrected chi connectivity index (χ0v) is 9.54. The molecular weight excluding hydrogens is 200 g/mol. The Bertz CT molecular complexity index is 460. The van der Waals surface area contributed by atoms with E-state index in [0.717, 1.165) is 25.0 Å². The third-order valence-corrected chi connectivity index (χ3v) is 3.62. The minimum absolute atomic E-state index is 0.114. The van der Waals surface area contributed by atoms with E-state index in [1.165, 1.54) is 0 Å². The van der Waals surface area contributed by atoms with Crippen molar-refractivity contribution in [2.75, 3.05) is 0 Å². The van der Waals surface area contributed by atoms with Crippen molar-refractivity contribution in [3.8, 4) is 12.1 Å². The standard InChI is InChI=1S/C12H14N4/c1-8-9-4-3-5-12(9,2)16-11(7-14)10(6-13)15-8/h9,16H,3-5H2,1-2H3/t9-,12+/m1/s1. The normalized spacial score (nSPS) is 33.0. The number of fused-ring (bicyclic) bond motifs is 1. The van der Waals surface area contributed by atoms with Crippen LogP contribution in [-0.2, 0) is 0 Å². The van der Waals surface area contributed by atoms with Crippen molar-refractivity contribution in [2.24, 2.45) is 10.9 Å². The van der Waals surface area contributed by atoms with Gasteiger partial charge in [-0.05, 0) is 26.7 Å². The second-order valence-electron chi connectivity index (χ2n) is 4.69. The molecule has 0 aromatic carbocycles. The van der Waals surface area contributed by atoms with Crippen LogP contribution in [0.3, 0.4) is 0 Å². The fourth-order valence-electron chi connectivity index (χ4n) is 2.80. The third kappa shape index (κ3) is 1.47. The molecule has 1 heterocycles. The average Bonchev–Trinajstić information content (AvgIpc) is 2.61. The molecule has 2 atom stereocenters. The summed E-state index contributed by atoms with van der Waals surface area (Å²) in [7, 11) is 0. The molecular formula is C12H14N4. The maximum absolute atomic E-state index is 9.05. The molecule has 0 saturated heterocycles. The zero-order chi connectivity index (χ0) is 11.8. The van der Waals surface area contributed by atoms with E-state index in [-0.39, 0.29) is 11.2 Å².